The molecule has 0 saturated heterocycles. The molecule has 4 rings (SSSR count). The number of allylic oxidation sites excluding steroid dienone is 8. The second-order valence-electron chi connectivity index (χ2n) is 9.82. The van der Waals surface area contributed by atoms with Gasteiger partial charge < -0.3 is 10.2 Å². The van der Waals surface area contributed by atoms with E-state index in [4.69, 9.17) is 0 Å². The second-order valence-corrected chi connectivity index (χ2v) is 9.82. The Balaban J connectivity index is 1.81. The highest BCUT2D eigenvalue weighted by Gasteiger charge is 2.56. The maximum absolute atomic E-state index is 9.80. The van der Waals surface area contributed by atoms with Gasteiger partial charge in [0.1, 0.15) is 11.5 Å². The first-order chi connectivity index (χ1) is 14.7. The molecule has 0 saturated carbocycles. The van der Waals surface area contributed by atoms with Crippen molar-refractivity contribution in [2.45, 2.75) is 39.5 Å². The molecule has 31 heavy (non-hydrogen) atoms. The molecule has 2 N–H and O–H groups in total. The Morgan fingerprint density at radius 2 is 0.968 bits per heavy atom. The van der Waals surface area contributed by atoms with Crippen molar-refractivity contribution < 1.29 is 10.2 Å². The molecule has 0 fully saturated rings. The second kappa shape index (κ2) is 7.60. The minimum atomic E-state index is -0.168. The molecule has 0 radical (unpaired) electrons. The molecule has 0 heterocycles. The minimum absolute atomic E-state index is 0.145. The zero-order valence-electron chi connectivity index (χ0n) is 18.8. The molecule has 160 valence electrons. The number of hydrogen-bond donors (Lipinski definition) is 2. The fraction of sp³-hybridized carbons (Fsp3) is 0.310. The van der Waals surface area contributed by atoms with E-state index in [0.29, 0.717) is 11.5 Å². The summed E-state index contributed by atoms with van der Waals surface area (Å²) in [6.45, 7) is 9.47. The fourth-order valence-corrected chi connectivity index (χ4v) is 5.52. The number of rotatable bonds is 4. The van der Waals surface area contributed by atoms with Crippen LogP contribution in [-0.2, 0) is 0 Å². The van der Waals surface area contributed by atoms with Gasteiger partial charge in [0, 0.05) is 22.7 Å². The lowest BCUT2D eigenvalue weighted by atomic mass is 9.44. The standard InChI is InChI=1S/C29H32O2/c1-27(2,28(3)19-7-5-9-25(28)21-11-15-23(30)16-12-21)29(4)20-8-6-10-26(29)22-13-17-24(31)18-14-22/h5-20,25-26,30-31H,1-4H3. The maximum Gasteiger partial charge on any atom is 0.115 e. The molecule has 0 aromatic heterocycles. The van der Waals surface area contributed by atoms with Gasteiger partial charge >= 0.3 is 0 Å². The molecule has 0 spiro atoms. The molecule has 2 aromatic rings. The van der Waals surface area contributed by atoms with Crippen LogP contribution in [-0.4, -0.2) is 10.2 Å². The highest BCUT2D eigenvalue weighted by atomic mass is 16.3. The number of phenolic OH excluding ortho intramolecular Hbond substituents is 2. The van der Waals surface area contributed by atoms with Gasteiger partial charge in [-0.25, -0.2) is 0 Å². The Kier molecular flexibility index (Phi) is 5.21. The van der Waals surface area contributed by atoms with E-state index in [0.717, 1.165) is 0 Å². The van der Waals surface area contributed by atoms with E-state index < -0.39 is 0 Å². The summed E-state index contributed by atoms with van der Waals surface area (Å²) in [7, 11) is 0. The van der Waals surface area contributed by atoms with Crippen LogP contribution in [0, 0.1) is 16.2 Å². The molecule has 2 aliphatic rings. The van der Waals surface area contributed by atoms with Crippen molar-refractivity contribution in [1.29, 1.82) is 0 Å². The lowest BCUT2D eigenvalue weighted by Crippen LogP contribution is -2.51. The molecule has 4 atom stereocenters. The summed E-state index contributed by atoms with van der Waals surface area (Å²) >= 11 is 0. The van der Waals surface area contributed by atoms with Gasteiger partial charge in [-0.1, -0.05) is 101 Å². The predicted molar refractivity (Wildman–Crippen MR) is 128 cm³/mol. The van der Waals surface area contributed by atoms with Crippen LogP contribution in [0.3, 0.4) is 0 Å². The van der Waals surface area contributed by atoms with Crippen LogP contribution in [0.5, 0.6) is 11.5 Å². The third-order valence-corrected chi connectivity index (χ3v) is 8.20. The molecule has 2 heteroatoms. The molecular formula is C29H32O2. The van der Waals surface area contributed by atoms with E-state index >= 15 is 0 Å². The summed E-state index contributed by atoms with van der Waals surface area (Å²) in [6, 6.07) is 15.3. The Morgan fingerprint density at radius 3 is 1.32 bits per heavy atom. The smallest absolute Gasteiger partial charge is 0.115 e. The lowest BCUT2D eigenvalue weighted by molar-refractivity contribution is 0.000489. The highest BCUT2D eigenvalue weighted by Crippen LogP contribution is 2.64. The minimum Gasteiger partial charge on any atom is -0.508 e. The summed E-state index contributed by atoms with van der Waals surface area (Å²) in [5.74, 6) is 0.953. The van der Waals surface area contributed by atoms with Crippen molar-refractivity contribution in [3.8, 4) is 11.5 Å². The molecule has 4 unspecified atom stereocenters. The molecule has 2 nitrogen and oxygen atoms in total. The normalized spacial score (nSPS) is 29.9. The van der Waals surface area contributed by atoms with Gasteiger partial charge in [-0.3, -0.25) is 0 Å². The monoisotopic (exact) mass is 412 g/mol. The van der Waals surface area contributed by atoms with Crippen LogP contribution in [0.15, 0.2) is 97.1 Å². The Bertz CT molecular complexity index is 967. The third kappa shape index (κ3) is 3.35. The average molecular weight is 413 g/mol. The molecule has 0 bridgehead atoms. The van der Waals surface area contributed by atoms with E-state index in [9.17, 15) is 10.2 Å². The lowest BCUT2D eigenvalue weighted by Gasteiger charge is -2.59. The van der Waals surface area contributed by atoms with Crippen LogP contribution in [0.4, 0.5) is 0 Å². The van der Waals surface area contributed by atoms with Crippen LogP contribution >= 0.6 is 0 Å². The van der Waals surface area contributed by atoms with Crippen molar-refractivity contribution >= 4 is 0 Å². The molecular weight excluding hydrogens is 380 g/mol. The van der Waals surface area contributed by atoms with E-state index in [2.05, 4.69) is 76.3 Å². The zero-order chi connectivity index (χ0) is 22.3. The molecule has 2 aromatic carbocycles. The fourth-order valence-electron chi connectivity index (χ4n) is 5.52. The number of hydrogen-bond acceptors (Lipinski definition) is 2. The average Bonchev–Trinajstić information content (AvgIpc) is 2.76. The summed E-state index contributed by atoms with van der Waals surface area (Å²) < 4.78 is 0. The van der Waals surface area contributed by atoms with Crippen molar-refractivity contribution in [2.24, 2.45) is 16.2 Å². The summed E-state index contributed by atoms with van der Waals surface area (Å²) in [4.78, 5) is 0. The SMILES string of the molecule is CC1(C(C)(C)C2(C)C=CC=CC2c2ccc(O)cc2)C=CC=CC1c1ccc(O)cc1. The number of aromatic hydroxyl groups is 2. The van der Waals surface area contributed by atoms with Gasteiger partial charge in [0.2, 0.25) is 0 Å². The Morgan fingerprint density at radius 1 is 0.613 bits per heavy atom. The van der Waals surface area contributed by atoms with Gasteiger partial charge in [-0.15, -0.1) is 0 Å². The van der Waals surface area contributed by atoms with Gasteiger partial charge in [0.25, 0.3) is 0 Å². The van der Waals surface area contributed by atoms with Crippen LogP contribution < -0.4 is 0 Å². The van der Waals surface area contributed by atoms with E-state index in [1.807, 2.05) is 24.3 Å². The van der Waals surface area contributed by atoms with E-state index in [1.54, 1.807) is 24.3 Å². The van der Waals surface area contributed by atoms with Crippen molar-refractivity contribution in [2.75, 3.05) is 0 Å². The van der Waals surface area contributed by atoms with Gasteiger partial charge in [0.05, 0.1) is 0 Å². The quantitative estimate of drug-likeness (QED) is 0.555. The maximum atomic E-state index is 9.80. The van der Waals surface area contributed by atoms with Gasteiger partial charge in [0.15, 0.2) is 0 Å². The Hall–Kier alpha value is -3.00. The summed E-state index contributed by atoms with van der Waals surface area (Å²) in [5.41, 5.74) is 1.92. The topological polar surface area (TPSA) is 40.5 Å². The van der Waals surface area contributed by atoms with Crippen molar-refractivity contribution in [1.82, 2.24) is 0 Å². The summed E-state index contributed by atoms with van der Waals surface area (Å²) in [6.07, 6.45) is 17.9. The zero-order valence-corrected chi connectivity index (χ0v) is 18.8. The molecule has 0 aliphatic heterocycles. The first-order valence-corrected chi connectivity index (χ1v) is 11.0. The molecule has 0 amide bonds. The van der Waals surface area contributed by atoms with Crippen LogP contribution in [0.25, 0.3) is 0 Å². The van der Waals surface area contributed by atoms with Crippen molar-refractivity contribution in [3.05, 3.63) is 108 Å². The van der Waals surface area contributed by atoms with Crippen molar-refractivity contribution in [3.63, 3.8) is 0 Å². The first kappa shape index (κ1) is 21.2. The van der Waals surface area contributed by atoms with Crippen LogP contribution in [0.2, 0.25) is 0 Å². The van der Waals surface area contributed by atoms with Gasteiger partial charge in [-0.05, 0) is 40.8 Å². The number of benzene rings is 2. The van der Waals surface area contributed by atoms with E-state index in [-0.39, 0.29) is 28.1 Å². The first-order valence-electron chi connectivity index (χ1n) is 11.0. The largest absolute Gasteiger partial charge is 0.508 e. The van der Waals surface area contributed by atoms with E-state index in [1.165, 1.54) is 11.1 Å². The third-order valence-electron chi connectivity index (χ3n) is 8.20. The van der Waals surface area contributed by atoms with Crippen LogP contribution in [0.1, 0.15) is 50.7 Å². The molecule has 2 aliphatic carbocycles. The predicted octanol–water partition coefficient (Wildman–Crippen LogP) is 7.26. The summed E-state index contributed by atoms with van der Waals surface area (Å²) in [5, 5.41) is 19.6. The number of phenols is 2. The highest BCUT2D eigenvalue weighted by molar-refractivity contribution is 5.42. The van der Waals surface area contributed by atoms with Gasteiger partial charge in [-0.2, -0.15) is 0 Å². The Labute approximate surface area is 186 Å².